The Bertz CT molecular complexity index is 979. The number of rotatable bonds is 9. The molecule has 2 heterocycles. The van der Waals surface area contributed by atoms with Gasteiger partial charge in [-0.05, 0) is 31.5 Å². The number of amides is 1. The number of halogens is 5. The molecular formula is C20H23F5N4O2S. The van der Waals surface area contributed by atoms with E-state index in [1.807, 2.05) is 0 Å². The third-order valence-corrected chi connectivity index (χ3v) is 5.15. The molecule has 32 heavy (non-hydrogen) atoms. The van der Waals surface area contributed by atoms with Gasteiger partial charge in [-0.25, -0.2) is 18.7 Å². The number of carbonyl (C=O) groups excluding carboxylic acids is 1. The molecule has 0 aliphatic rings. The Kier molecular flexibility index (Phi) is 8.27. The molecule has 176 valence electrons. The molecule has 1 atom stereocenters. The summed E-state index contributed by atoms with van der Waals surface area (Å²) in [6.45, 7) is 2.51. The van der Waals surface area contributed by atoms with Gasteiger partial charge in [0.2, 0.25) is 5.92 Å². The second kappa shape index (κ2) is 10.3. The second-order valence-corrected chi connectivity index (χ2v) is 8.52. The van der Waals surface area contributed by atoms with Gasteiger partial charge in [0.25, 0.3) is 5.91 Å². The van der Waals surface area contributed by atoms with Crippen LogP contribution in [0, 0.1) is 0 Å². The van der Waals surface area contributed by atoms with Crippen LogP contribution in [-0.2, 0) is 17.0 Å². The van der Waals surface area contributed by atoms with Crippen LogP contribution >= 0.6 is 0 Å². The molecule has 0 aliphatic carbocycles. The average Bonchev–Trinajstić information content (AvgIpc) is 2.69. The summed E-state index contributed by atoms with van der Waals surface area (Å²) < 4.78 is 78.2. The first kappa shape index (κ1) is 25.6. The third kappa shape index (κ3) is 7.21. The van der Waals surface area contributed by atoms with Crippen molar-refractivity contribution in [3.8, 4) is 0 Å². The van der Waals surface area contributed by atoms with Crippen LogP contribution in [-0.4, -0.2) is 45.4 Å². The van der Waals surface area contributed by atoms with Crippen molar-refractivity contribution in [3.63, 3.8) is 0 Å². The molecule has 0 bridgehead atoms. The highest BCUT2D eigenvalue weighted by molar-refractivity contribution is 7.84. The zero-order valence-corrected chi connectivity index (χ0v) is 18.5. The van der Waals surface area contributed by atoms with Crippen molar-refractivity contribution in [1.29, 1.82) is 0 Å². The number of nitrogens with one attached hydrogen (secondary N) is 1. The number of pyridine rings is 2. The van der Waals surface area contributed by atoms with E-state index in [4.69, 9.17) is 0 Å². The highest BCUT2D eigenvalue weighted by Gasteiger charge is 2.33. The molecule has 0 spiro atoms. The van der Waals surface area contributed by atoms with Gasteiger partial charge >= 0.3 is 6.18 Å². The summed E-state index contributed by atoms with van der Waals surface area (Å²) in [7, 11) is -1.44. The van der Waals surface area contributed by atoms with Crippen LogP contribution in [0.25, 0.3) is 0 Å². The molecule has 2 rings (SSSR count). The van der Waals surface area contributed by atoms with E-state index < -0.39 is 46.4 Å². The van der Waals surface area contributed by atoms with E-state index in [1.165, 1.54) is 29.5 Å². The van der Waals surface area contributed by atoms with E-state index in [1.54, 1.807) is 6.92 Å². The van der Waals surface area contributed by atoms with Gasteiger partial charge in [-0.3, -0.25) is 9.00 Å². The lowest BCUT2D eigenvalue weighted by Gasteiger charge is -2.27. The number of hydrogen-bond donors (Lipinski definition) is 1. The van der Waals surface area contributed by atoms with E-state index in [2.05, 4.69) is 15.3 Å². The van der Waals surface area contributed by atoms with Crippen LogP contribution in [0.3, 0.4) is 0 Å². The standard InChI is InChI=1S/C20H23F5N4O2S/c1-4-8-29(9-6-19(2,21)22)17-15(10-13(12-27-17)20(23,24)25)18(30)28-14-5-7-26-16(11-14)32(3)31/h5,7,10-12H,4,6,8-9H2,1-3H3,(H,26,28,30). The lowest BCUT2D eigenvalue weighted by molar-refractivity contribution is -0.137. The van der Waals surface area contributed by atoms with Gasteiger partial charge in [-0.1, -0.05) is 6.92 Å². The van der Waals surface area contributed by atoms with Crippen molar-refractivity contribution >= 4 is 28.2 Å². The summed E-state index contributed by atoms with van der Waals surface area (Å²) in [6, 6.07) is 3.36. The minimum Gasteiger partial charge on any atom is -0.356 e. The average molecular weight is 478 g/mol. The minimum atomic E-state index is -4.75. The Balaban J connectivity index is 2.47. The van der Waals surface area contributed by atoms with Gasteiger partial charge in [-0.15, -0.1) is 0 Å². The van der Waals surface area contributed by atoms with Crippen molar-refractivity contribution in [2.75, 3.05) is 29.6 Å². The largest absolute Gasteiger partial charge is 0.417 e. The molecule has 0 radical (unpaired) electrons. The maximum absolute atomic E-state index is 13.4. The van der Waals surface area contributed by atoms with Crippen LogP contribution in [0.4, 0.5) is 33.5 Å². The summed E-state index contributed by atoms with van der Waals surface area (Å²) in [5.74, 6) is -4.04. The Hall–Kier alpha value is -2.63. The molecule has 1 amide bonds. The topological polar surface area (TPSA) is 75.2 Å². The highest BCUT2D eigenvalue weighted by Crippen LogP contribution is 2.32. The van der Waals surface area contributed by atoms with Gasteiger partial charge in [0.15, 0.2) is 0 Å². The number of nitrogens with zero attached hydrogens (tertiary/aromatic N) is 3. The van der Waals surface area contributed by atoms with E-state index in [9.17, 15) is 31.0 Å². The lowest BCUT2D eigenvalue weighted by Crippen LogP contribution is -2.32. The quantitative estimate of drug-likeness (QED) is 0.527. The first-order valence-corrected chi connectivity index (χ1v) is 11.2. The zero-order chi connectivity index (χ0) is 24.1. The fourth-order valence-electron chi connectivity index (χ4n) is 2.80. The smallest absolute Gasteiger partial charge is 0.356 e. The van der Waals surface area contributed by atoms with Crippen LogP contribution in [0.2, 0.25) is 0 Å². The fourth-order valence-corrected chi connectivity index (χ4v) is 3.30. The predicted octanol–water partition coefficient (Wildman–Crippen LogP) is 4.75. The molecule has 2 aromatic rings. The summed E-state index contributed by atoms with van der Waals surface area (Å²) in [4.78, 5) is 22.0. The minimum absolute atomic E-state index is 0.130. The monoisotopic (exact) mass is 478 g/mol. The Morgan fingerprint density at radius 3 is 2.41 bits per heavy atom. The maximum Gasteiger partial charge on any atom is 0.417 e. The van der Waals surface area contributed by atoms with E-state index in [0.717, 1.165) is 6.92 Å². The normalized spacial score (nSPS) is 13.0. The molecule has 0 saturated heterocycles. The fraction of sp³-hybridized carbons (Fsp3) is 0.450. The number of hydrogen-bond acceptors (Lipinski definition) is 5. The molecule has 6 nitrogen and oxygen atoms in total. The Morgan fingerprint density at radius 1 is 1.16 bits per heavy atom. The molecule has 2 aromatic heterocycles. The first-order valence-electron chi connectivity index (χ1n) is 9.62. The maximum atomic E-state index is 13.4. The van der Waals surface area contributed by atoms with Gasteiger partial charge in [0, 0.05) is 43.8 Å². The van der Waals surface area contributed by atoms with Crippen molar-refractivity contribution in [1.82, 2.24) is 9.97 Å². The van der Waals surface area contributed by atoms with Gasteiger partial charge in [0.1, 0.15) is 10.8 Å². The van der Waals surface area contributed by atoms with E-state index in [-0.39, 0.29) is 29.6 Å². The number of aromatic nitrogens is 2. The first-order chi connectivity index (χ1) is 14.8. The Labute approximate surface area is 184 Å². The zero-order valence-electron chi connectivity index (χ0n) is 17.7. The highest BCUT2D eigenvalue weighted by atomic mass is 32.2. The summed E-state index contributed by atoms with van der Waals surface area (Å²) in [6.07, 6.45) is -1.57. The molecular weight excluding hydrogens is 455 g/mol. The molecule has 1 unspecified atom stereocenters. The molecule has 0 fully saturated rings. The van der Waals surface area contributed by atoms with Crippen LogP contribution in [0.1, 0.15) is 42.6 Å². The number of carbonyl (C=O) groups is 1. The molecule has 0 saturated carbocycles. The Morgan fingerprint density at radius 2 is 1.84 bits per heavy atom. The summed E-state index contributed by atoms with van der Waals surface area (Å²) in [5, 5.41) is 2.62. The van der Waals surface area contributed by atoms with Crippen molar-refractivity contribution in [2.24, 2.45) is 0 Å². The third-order valence-electron chi connectivity index (χ3n) is 4.34. The van der Waals surface area contributed by atoms with E-state index >= 15 is 0 Å². The van der Waals surface area contributed by atoms with Gasteiger partial charge in [0.05, 0.1) is 21.9 Å². The SMILES string of the molecule is CCCN(CCC(C)(F)F)c1ncc(C(F)(F)F)cc1C(=O)Nc1ccnc(S(C)=O)c1. The lowest BCUT2D eigenvalue weighted by atomic mass is 10.1. The van der Waals surface area contributed by atoms with Crippen LogP contribution in [0.15, 0.2) is 35.6 Å². The molecule has 0 aromatic carbocycles. The summed E-state index contributed by atoms with van der Waals surface area (Å²) in [5.41, 5.74) is -1.39. The molecule has 1 N–H and O–H groups in total. The number of anilines is 2. The van der Waals surface area contributed by atoms with E-state index in [0.29, 0.717) is 18.7 Å². The summed E-state index contributed by atoms with van der Waals surface area (Å²) >= 11 is 0. The van der Waals surface area contributed by atoms with Crippen molar-refractivity contribution in [2.45, 2.75) is 43.8 Å². The van der Waals surface area contributed by atoms with Crippen molar-refractivity contribution < 1.29 is 31.0 Å². The van der Waals surface area contributed by atoms with Crippen LogP contribution in [0.5, 0.6) is 0 Å². The molecule has 12 heteroatoms. The predicted molar refractivity (Wildman–Crippen MR) is 112 cm³/mol. The van der Waals surface area contributed by atoms with Crippen LogP contribution < -0.4 is 10.2 Å². The molecule has 0 aliphatic heterocycles. The van der Waals surface area contributed by atoms with Gasteiger partial charge < -0.3 is 10.2 Å². The second-order valence-electron chi connectivity index (χ2n) is 7.19. The number of alkyl halides is 5. The van der Waals surface area contributed by atoms with Crippen molar-refractivity contribution in [3.05, 3.63) is 41.7 Å². The van der Waals surface area contributed by atoms with Gasteiger partial charge in [-0.2, -0.15) is 13.2 Å².